The predicted molar refractivity (Wildman–Crippen MR) is 74.7 cm³/mol. The number of carboxylic acid groups (broad SMARTS) is 1. The molecule has 2 rings (SSSR count). The van der Waals surface area contributed by atoms with E-state index in [-0.39, 0.29) is 6.03 Å². The number of rotatable bonds is 5. The molecule has 0 aliphatic carbocycles. The lowest BCUT2D eigenvalue weighted by molar-refractivity contribution is -0.148. The van der Waals surface area contributed by atoms with Crippen LogP contribution in [0.1, 0.15) is 32.0 Å². The van der Waals surface area contributed by atoms with Crippen molar-refractivity contribution >= 4 is 12.0 Å². The number of aliphatic carboxylic acids is 1. The first-order valence-corrected chi connectivity index (χ1v) is 7.13. The molecule has 1 aromatic heterocycles. The minimum atomic E-state index is -1.06. The van der Waals surface area contributed by atoms with Crippen LogP contribution in [0, 0.1) is 0 Å². The molecule has 0 aromatic carbocycles. The van der Waals surface area contributed by atoms with Crippen LogP contribution in [0.4, 0.5) is 4.79 Å². The molecule has 1 unspecified atom stereocenters. The van der Waals surface area contributed by atoms with Crippen molar-refractivity contribution in [3.05, 3.63) is 12.2 Å². The van der Waals surface area contributed by atoms with Crippen LogP contribution in [-0.4, -0.2) is 55.4 Å². The Morgan fingerprint density at radius 3 is 2.86 bits per heavy atom. The van der Waals surface area contributed by atoms with E-state index in [1.807, 2.05) is 7.05 Å². The Balaban J connectivity index is 1.93. The molecule has 1 aliphatic rings. The number of likely N-dealkylation sites (tertiary alicyclic amines) is 1. The van der Waals surface area contributed by atoms with Crippen LogP contribution in [0.3, 0.4) is 0 Å². The molecule has 2 amide bonds. The van der Waals surface area contributed by atoms with Gasteiger partial charge in [-0.2, -0.15) is 0 Å². The number of amides is 2. The quantitative estimate of drug-likeness (QED) is 0.818. The molecular formula is C13H21N5O3. The van der Waals surface area contributed by atoms with E-state index in [4.69, 9.17) is 0 Å². The molecular weight excluding hydrogens is 274 g/mol. The van der Waals surface area contributed by atoms with Gasteiger partial charge >= 0.3 is 12.0 Å². The normalized spacial score (nSPS) is 21.5. The predicted octanol–water partition coefficient (Wildman–Crippen LogP) is 0.396. The van der Waals surface area contributed by atoms with Gasteiger partial charge in [0.1, 0.15) is 17.7 Å². The maximum atomic E-state index is 12.2. The third-order valence-corrected chi connectivity index (χ3v) is 4.15. The van der Waals surface area contributed by atoms with Crippen molar-refractivity contribution in [2.45, 2.75) is 38.1 Å². The van der Waals surface area contributed by atoms with Gasteiger partial charge in [-0.3, -0.25) is 0 Å². The Morgan fingerprint density at radius 1 is 1.52 bits per heavy atom. The van der Waals surface area contributed by atoms with Crippen molar-refractivity contribution in [1.29, 1.82) is 0 Å². The van der Waals surface area contributed by atoms with E-state index < -0.39 is 11.5 Å². The fourth-order valence-corrected chi connectivity index (χ4v) is 2.83. The molecule has 0 radical (unpaired) electrons. The first-order chi connectivity index (χ1) is 10.0. The van der Waals surface area contributed by atoms with E-state index in [9.17, 15) is 14.7 Å². The summed E-state index contributed by atoms with van der Waals surface area (Å²) in [5, 5.41) is 19.9. The summed E-state index contributed by atoms with van der Waals surface area (Å²) in [6.07, 6.45) is 3.80. The molecule has 2 N–H and O–H groups in total. The van der Waals surface area contributed by atoms with Gasteiger partial charge in [0.15, 0.2) is 0 Å². The zero-order valence-corrected chi connectivity index (χ0v) is 12.4. The topological polar surface area (TPSA) is 100 Å². The molecule has 8 nitrogen and oxygen atoms in total. The Hall–Kier alpha value is -2.12. The van der Waals surface area contributed by atoms with Crippen LogP contribution in [0.25, 0.3) is 0 Å². The molecule has 116 valence electrons. The Morgan fingerprint density at radius 2 is 2.29 bits per heavy atom. The molecule has 1 fully saturated rings. The van der Waals surface area contributed by atoms with Crippen molar-refractivity contribution in [1.82, 2.24) is 25.0 Å². The Labute approximate surface area is 123 Å². The number of carbonyl (C=O) groups is 2. The van der Waals surface area contributed by atoms with Gasteiger partial charge in [0.2, 0.25) is 0 Å². The standard InChI is InChI=1S/C13H21N5O3/c1-3-13(11(19)20)6-4-8-18(13)12(21)14-7-5-10-16-15-9-17(10)2/h9H,3-8H2,1-2H3,(H,14,21)(H,19,20). The first-order valence-electron chi connectivity index (χ1n) is 7.13. The van der Waals surface area contributed by atoms with Gasteiger partial charge in [-0.15, -0.1) is 10.2 Å². The molecule has 1 atom stereocenters. The van der Waals surface area contributed by atoms with Crippen molar-refractivity contribution in [3.8, 4) is 0 Å². The van der Waals surface area contributed by atoms with Crippen molar-refractivity contribution in [3.63, 3.8) is 0 Å². The van der Waals surface area contributed by atoms with Crippen molar-refractivity contribution in [2.24, 2.45) is 7.05 Å². The summed E-state index contributed by atoms with van der Waals surface area (Å²) < 4.78 is 1.79. The fourth-order valence-electron chi connectivity index (χ4n) is 2.83. The van der Waals surface area contributed by atoms with Crippen LogP contribution in [0.5, 0.6) is 0 Å². The third kappa shape index (κ3) is 2.84. The molecule has 1 aliphatic heterocycles. The lowest BCUT2D eigenvalue weighted by atomic mass is 9.93. The average Bonchev–Trinajstić information content (AvgIpc) is 3.06. The van der Waals surface area contributed by atoms with Crippen LogP contribution in [0.2, 0.25) is 0 Å². The van der Waals surface area contributed by atoms with Crippen LogP contribution >= 0.6 is 0 Å². The molecule has 1 saturated heterocycles. The largest absolute Gasteiger partial charge is 0.479 e. The highest BCUT2D eigenvalue weighted by molar-refractivity contribution is 5.87. The second-order valence-electron chi connectivity index (χ2n) is 5.29. The highest BCUT2D eigenvalue weighted by atomic mass is 16.4. The number of hydrogen-bond donors (Lipinski definition) is 2. The van der Waals surface area contributed by atoms with Gasteiger partial charge in [0.25, 0.3) is 0 Å². The number of nitrogens with zero attached hydrogens (tertiary/aromatic N) is 4. The molecule has 0 saturated carbocycles. The van der Waals surface area contributed by atoms with E-state index in [1.165, 1.54) is 4.90 Å². The molecule has 8 heteroatoms. The number of nitrogens with one attached hydrogen (secondary N) is 1. The van der Waals surface area contributed by atoms with Crippen LogP contribution in [0.15, 0.2) is 6.33 Å². The fraction of sp³-hybridized carbons (Fsp3) is 0.692. The SMILES string of the molecule is CCC1(C(=O)O)CCCN1C(=O)NCCc1nncn1C. The highest BCUT2D eigenvalue weighted by Crippen LogP contribution is 2.32. The Bertz CT molecular complexity index is 530. The van der Waals surface area contributed by atoms with Gasteiger partial charge in [-0.05, 0) is 19.3 Å². The van der Waals surface area contributed by atoms with Gasteiger partial charge in [-0.25, -0.2) is 9.59 Å². The maximum Gasteiger partial charge on any atom is 0.329 e. The van der Waals surface area contributed by atoms with Gasteiger partial charge in [-0.1, -0.05) is 6.92 Å². The third-order valence-electron chi connectivity index (χ3n) is 4.15. The summed E-state index contributed by atoms with van der Waals surface area (Å²) in [6, 6.07) is -0.320. The molecule has 21 heavy (non-hydrogen) atoms. The van der Waals surface area contributed by atoms with Gasteiger partial charge in [0.05, 0.1) is 0 Å². The Kier molecular flexibility index (Phi) is 4.44. The summed E-state index contributed by atoms with van der Waals surface area (Å²) in [5.74, 6) is -0.150. The van der Waals surface area contributed by atoms with E-state index in [0.717, 1.165) is 12.2 Å². The number of aromatic nitrogens is 3. The van der Waals surface area contributed by atoms with Crippen molar-refractivity contribution in [2.75, 3.05) is 13.1 Å². The molecule has 1 aromatic rings. The zero-order chi connectivity index (χ0) is 15.5. The second-order valence-corrected chi connectivity index (χ2v) is 5.29. The van der Waals surface area contributed by atoms with Gasteiger partial charge in [0, 0.05) is 26.6 Å². The monoisotopic (exact) mass is 295 g/mol. The number of aryl methyl sites for hydroxylation is 1. The van der Waals surface area contributed by atoms with E-state index in [1.54, 1.807) is 17.8 Å². The lowest BCUT2D eigenvalue weighted by Gasteiger charge is -2.33. The van der Waals surface area contributed by atoms with E-state index in [0.29, 0.717) is 32.4 Å². The average molecular weight is 295 g/mol. The van der Waals surface area contributed by atoms with Crippen LogP contribution < -0.4 is 5.32 Å². The minimum Gasteiger partial charge on any atom is -0.479 e. The molecule has 0 spiro atoms. The summed E-state index contributed by atoms with van der Waals surface area (Å²) in [6.45, 7) is 2.69. The molecule has 2 heterocycles. The zero-order valence-electron chi connectivity index (χ0n) is 12.4. The number of hydrogen-bond acceptors (Lipinski definition) is 4. The first kappa shape index (κ1) is 15.3. The number of carboxylic acids is 1. The summed E-state index contributed by atoms with van der Waals surface area (Å²) in [4.78, 5) is 25.2. The smallest absolute Gasteiger partial charge is 0.329 e. The van der Waals surface area contributed by atoms with E-state index >= 15 is 0 Å². The highest BCUT2D eigenvalue weighted by Gasteiger charge is 2.48. The van der Waals surface area contributed by atoms with Crippen molar-refractivity contribution < 1.29 is 14.7 Å². The second kappa shape index (κ2) is 6.11. The minimum absolute atomic E-state index is 0.320. The van der Waals surface area contributed by atoms with Gasteiger partial charge < -0.3 is 19.9 Å². The maximum absolute atomic E-state index is 12.2. The summed E-state index contributed by atoms with van der Waals surface area (Å²) in [5.41, 5.74) is -1.06. The molecule has 0 bridgehead atoms. The number of carbonyl (C=O) groups excluding carboxylic acids is 1. The summed E-state index contributed by atoms with van der Waals surface area (Å²) >= 11 is 0. The lowest BCUT2D eigenvalue weighted by Crippen LogP contribution is -2.55. The van der Waals surface area contributed by atoms with E-state index in [2.05, 4.69) is 15.5 Å². The number of urea groups is 1. The summed E-state index contributed by atoms with van der Waals surface area (Å²) in [7, 11) is 1.84. The van der Waals surface area contributed by atoms with Crippen LogP contribution in [-0.2, 0) is 18.3 Å².